The number of rotatable bonds is 4. The lowest BCUT2D eigenvalue weighted by atomic mass is 9.96. The summed E-state index contributed by atoms with van der Waals surface area (Å²) >= 11 is 0. The second kappa shape index (κ2) is 6.08. The minimum absolute atomic E-state index is 0.582. The molecule has 0 heterocycles. The monoisotopic (exact) mass is 309 g/mol. The minimum Gasteiger partial charge on any atom is -0.493 e. The van der Waals surface area contributed by atoms with E-state index in [1.54, 1.807) is 21.3 Å². The van der Waals surface area contributed by atoms with Gasteiger partial charge in [-0.05, 0) is 34.7 Å². The molecule has 3 aromatic rings. The predicted molar refractivity (Wildman–Crippen MR) is 93.5 cm³/mol. The first-order chi connectivity index (χ1) is 11.2. The number of benzene rings is 3. The van der Waals surface area contributed by atoms with E-state index in [0.29, 0.717) is 17.2 Å². The average molecular weight is 309 g/mol. The van der Waals surface area contributed by atoms with E-state index in [4.69, 9.17) is 19.9 Å². The topological polar surface area (TPSA) is 53.7 Å². The first-order valence-corrected chi connectivity index (χ1v) is 7.27. The molecule has 4 nitrogen and oxygen atoms in total. The van der Waals surface area contributed by atoms with Crippen molar-refractivity contribution in [3.8, 4) is 28.4 Å². The molecule has 0 bridgehead atoms. The van der Waals surface area contributed by atoms with Gasteiger partial charge in [0.1, 0.15) is 0 Å². The molecule has 0 fully saturated rings. The number of nitrogens with two attached hydrogens (primary N) is 1. The van der Waals surface area contributed by atoms with Crippen LogP contribution in [0.5, 0.6) is 17.2 Å². The second-order valence-corrected chi connectivity index (χ2v) is 5.16. The van der Waals surface area contributed by atoms with Crippen LogP contribution in [-0.4, -0.2) is 21.3 Å². The second-order valence-electron chi connectivity index (χ2n) is 5.16. The van der Waals surface area contributed by atoms with E-state index in [2.05, 4.69) is 6.07 Å². The van der Waals surface area contributed by atoms with E-state index in [-0.39, 0.29) is 0 Å². The van der Waals surface area contributed by atoms with Gasteiger partial charge in [0.15, 0.2) is 11.5 Å². The van der Waals surface area contributed by atoms with Gasteiger partial charge < -0.3 is 19.9 Å². The summed E-state index contributed by atoms with van der Waals surface area (Å²) in [5, 5.41) is 2.11. The van der Waals surface area contributed by atoms with Gasteiger partial charge >= 0.3 is 0 Å². The Morgan fingerprint density at radius 3 is 1.91 bits per heavy atom. The molecule has 0 spiro atoms. The van der Waals surface area contributed by atoms with Crippen LogP contribution in [0.1, 0.15) is 0 Å². The summed E-state index contributed by atoms with van der Waals surface area (Å²) < 4.78 is 16.3. The first kappa shape index (κ1) is 15.0. The zero-order valence-corrected chi connectivity index (χ0v) is 13.4. The van der Waals surface area contributed by atoms with E-state index in [0.717, 1.165) is 27.6 Å². The average Bonchev–Trinajstić information content (AvgIpc) is 2.61. The zero-order chi connectivity index (χ0) is 16.4. The molecule has 4 heteroatoms. The third-order valence-corrected chi connectivity index (χ3v) is 3.93. The molecule has 2 N–H and O–H groups in total. The third-order valence-electron chi connectivity index (χ3n) is 3.93. The summed E-state index contributed by atoms with van der Waals surface area (Å²) in [6.45, 7) is 0. The Hall–Kier alpha value is -2.88. The van der Waals surface area contributed by atoms with Gasteiger partial charge in [-0.25, -0.2) is 0 Å². The van der Waals surface area contributed by atoms with Gasteiger partial charge in [-0.15, -0.1) is 0 Å². The molecule has 118 valence electrons. The van der Waals surface area contributed by atoms with Crippen molar-refractivity contribution in [1.29, 1.82) is 0 Å². The van der Waals surface area contributed by atoms with Crippen molar-refractivity contribution in [2.45, 2.75) is 0 Å². The Kier molecular flexibility index (Phi) is 3.98. The molecule has 3 aromatic carbocycles. The summed E-state index contributed by atoms with van der Waals surface area (Å²) in [6.07, 6.45) is 0. The summed E-state index contributed by atoms with van der Waals surface area (Å²) in [6, 6.07) is 15.9. The number of methoxy groups -OCH3 is 3. The SMILES string of the molecule is COc1cc(-c2ccc(N)c3ccccc23)cc(OC)c1OC. The largest absolute Gasteiger partial charge is 0.493 e. The lowest BCUT2D eigenvalue weighted by Crippen LogP contribution is -1.96. The molecule has 0 saturated heterocycles. The van der Waals surface area contributed by atoms with Crippen molar-refractivity contribution in [2.24, 2.45) is 0 Å². The fraction of sp³-hybridized carbons (Fsp3) is 0.158. The number of anilines is 1. The van der Waals surface area contributed by atoms with E-state index >= 15 is 0 Å². The third kappa shape index (κ3) is 2.52. The zero-order valence-electron chi connectivity index (χ0n) is 13.4. The van der Waals surface area contributed by atoms with Gasteiger partial charge in [-0.1, -0.05) is 30.3 Å². The van der Waals surface area contributed by atoms with Crippen LogP contribution < -0.4 is 19.9 Å². The summed E-state index contributed by atoms with van der Waals surface area (Å²) in [5.41, 5.74) is 8.90. The summed E-state index contributed by atoms with van der Waals surface area (Å²) in [4.78, 5) is 0. The Balaban J connectivity index is 2.29. The van der Waals surface area contributed by atoms with Gasteiger partial charge in [-0.3, -0.25) is 0 Å². The van der Waals surface area contributed by atoms with E-state index in [9.17, 15) is 0 Å². The molecule has 23 heavy (non-hydrogen) atoms. The van der Waals surface area contributed by atoms with Crippen molar-refractivity contribution in [1.82, 2.24) is 0 Å². The molecule has 3 rings (SSSR count). The molecular formula is C19H19NO3. The quantitative estimate of drug-likeness (QED) is 0.737. The number of fused-ring (bicyclic) bond motifs is 1. The highest BCUT2D eigenvalue weighted by Gasteiger charge is 2.15. The lowest BCUT2D eigenvalue weighted by Gasteiger charge is -2.15. The Labute approximate surface area is 135 Å². The number of hydrogen-bond acceptors (Lipinski definition) is 4. The van der Waals surface area contributed by atoms with Crippen LogP contribution >= 0.6 is 0 Å². The molecule has 0 aliphatic heterocycles. The number of nitrogen functional groups attached to an aromatic ring is 1. The fourth-order valence-corrected chi connectivity index (χ4v) is 2.81. The number of hydrogen-bond donors (Lipinski definition) is 1. The summed E-state index contributed by atoms with van der Waals surface area (Å²) in [5.74, 6) is 1.84. The highest BCUT2D eigenvalue weighted by molar-refractivity contribution is 6.03. The van der Waals surface area contributed by atoms with Crippen molar-refractivity contribution >= 4 is 16.5 Å². The summed E-state index contributed by atoms with van der Waals surface area (Å²) in [7, 11) is 4.82. The van der Waals surface area contributed by atoms with Gasteiger partial charge in [0.25, 0.3) is 0 Å². The van der Waals surface area contributed by atoms with E-state index < -0.39 is 0 Å². The maximum Gasteiger partial charge on any atom is 0.203 e. The fourth-order valence-electron chi connectivity index (χ4n) is 2.81. The normalized spacial score (nSPS) is 10.6. The van der Waals surface area contributed by atoms with Gasteiger partial charge in [-0.2, -0.15) is 0 Å². The Bertz CT molecular complexity index is 833. The van der Waals surface area contributed by atoms with Crippen LogP contribution in [0.4, 0.5) is 5.69 Å². The van der Waals surface area contributed by atoms with Crippen molar-refractivity contribution < 1.29 is 14.2 Å². The molecule has 0 aromatic heterocycles. The standard InChI is InChI=1S/C19H19NO3/c1-21-17-10-12(11-18(22-2)19(17)23-3)13-8-9-16(20)15-7-5-4-6-14(13)15/h4-11H,20H2,1-3H3. The van der Waals surface area contributed by atoms with Crippen LogP contribution in [0, 0.1) is 0 Å². The van der Waals surface area contributed by atoms with Crippen LogP contribution in [0.3, 0.4) is 0 Å². The molecule has 0 saturated carbocycles. The van der Waals surface area contributed by atoms with Crippen LogP contribution in [0.15, 0.2) is 48.5 Å². The van der Waals surface area contributed by atoms with Crippen molar-refractivity contribution in [3.63, 3.8) is 0 Å². The minimum atomic E-state index is 0.582. The molecule has 0 aliphatic rings. The molecular weight excluding hydrogens is 290 g/mol. The van der Waals surface area contributed by atoms with Gasteiger partial charge in [0.2, 0.25) is 5.75 Å². The van der Waals surface area contributed by atoms with Crippen LogP contribution in [-0.2, 0) is 0 Å². The van der Waals surface area contributed by atoms with Crippen LogP contribution in [0.2, 0.25) is 0 Å². The maximum atomic E-state index is 6.09. The molecule has 0 aliphatic carbocycles. The maximum absolute atomic E-state index is 6.09. The highest BCUT2D eigenvalue weighted by Crippen LogP contribution is 2.43. The molecule has 0 radical (unpaired) electrons. The smallest absolute Gasteiger partial charge is 0.203 e. The van der Waals surface area contributed by atoms with E-state index in [1.165, 1.54) is 0 Å². The Morgan fingerprint density at radius 2 is 1.35 bits per heavy atom. The molecule has 0 amide bonds. The predicted octanol–water partition coefficient (Wildman–Crippen LogP) is 4.11. The first-order valence-electron chi connectivity index (χ1n) is 7.27. The van der Waals surface area contributed by atoms with Crippen molar-refractivity contribution in [2.75, 3.05) is 27.1 Å². The molecule has 0 unspecified atom stereocenters. The number of ether oxygens (including phenoxy) is 3. The Morgan fingerprint density at radius 1 is 0.739 bits per heavy atom. The lowest BCUT2D eigenvalue weighted by molar-refractivity contribution is 0.324. The van der Waals surface area contributed by atoms with E-state index in [1.807, 2.05) is 42.5 Å². The highest BCUT2D eigenvalue weighted by atomic mass is 16.5. The van der Waals surface area contributed by atoms with Gasteiger partial charge in [0, 0.05) is 11.1 Å². The molecule has 0 atom stereocenters. The van der Waals surface area contributed by atoms with Crippen molar-refractivity contribution in [3.05, 3.63) is 48.5 Å². The van der Waals surface area contributed by atoms with Gasteiger partial charge in [0.05, 0.1) is 21.3 Å². The van der Waals surface area contributed by atoms with Crippen LogP contribution in [0.25, 0.3) is 21.9 Å².